The van der Waals surface area contributed by atoms with Gasteiger partial charge in [0.1, 0.15) is 5.82 Å². The predicted octanol–water partition coefficient (Wildman–Crippen LogP) is 4.92. The van der Waals surface area contributed by atoms with Crippen LogP contribution in [-0.4, -0.2) is 36.4 Å². The van der Waals surface area contributed by atoms with Gasteiger partial charge < -0.3 is 20.8 Å². The lowest BCUT2D eigenvalue weighted by molar-refractivity contribution is 0.398. The van der Waals surface area contributed by atoms with Crippen molar-refractivity contribution < 1.29 is 14.6 Å². The lowest BCUT2D eigenvalue weighted by atomic mass is 10.1. The average molecular weight is 536 g/mol. The van der Waals surface area contributed by atoms with E-state index in [1.54, 1.807) is 0 Å². The molecule has 4 nitrogen and oxygen atoms in total. The first kappa shape index (κ1) is 27.8. The van der Waals surface area contributed by atoms with Crippen molar-refractivity contribution in [3.63, 3.8) is 0 Å². The summed E-state index contributed by atoms with van der Waals surface area (Å²) < 4.78 is 13.6. The molecule has 0 aromatic heterocycles. The van der Waals surface area contributed by atoms with Gasteiger partial charge in [-0.15, -0.1) is 34.0 Å². The lowest BCUT2D eigenvalue weighted by Gasteiger charge is -2.08. The fraction of sp³-hybridized carbons (Fsp3) is 0.455. The molecule has 0 atom stereocenters. The van der Waals surface area contributed by atoms with Crippen LogP contribution < -0.4 is 10.6 Å². The highest BCUT2D eigenvalue weighted by Crippen LogP contribution is 2.27. The second-order valence-electron chi connectivity index (χ2n) is 6.83. The monoisotopic (exact) mass is 534 g/mol. The zero-order valence-corrected chi connectivity index (χ0v) is 20.1. The maximum Gasteiger partial charge on any atom is 0.160 e. The molecule has 164 valence electrons. The van der Waals surface area contributed by atoms with E-state index in [9.17, 15) is 14.6 Å². The average Bonchev–Trinajstić information content (AvgIpc) is 2.67. The normalized spacial score (nSPS) is 10.2. The van der Waals surface area contributed by atoms with E-state index in [0.717, 1.165) is 38.5 Å². The molecule has 0 aliphatic carbocycles. The first-order chi connectivity index (χ1) is 13.2. The van der Waals surface area contributed by atoms with Crippen LogP contribution in [0.5, 0.6) is 11.5 Å². The summed E-state index contributed by atoms with van der Waals surface area (Å²) in [5.74, 6) is -1.17. The summed E-state index contributed by atoms with van der Waals surface area (Å²) in [4.78, 5) is 0. The molecule has 0 saturated carbocycles. The molecule has 0 spiro atoms. The van der Waals surface area contributed by atoms with Gasteiger partial charge in [-0.05, 0) is 69.1 Å². The van der Waals surface area contributed by atoms with Crippen LogP contribution in [0, 0.1) is 5.82 Å². The van der Waals surface area contributed by atoms with E-state index in [0.29, 0.717) is 18.5 Å². The first-order valence-corrected chi connectivity index (χ1v) is 9.82. The largest absolute Gasteiger partial charge is 0.504 e. The van der Waals surface area contributed by atoms with Gasteiger partial charge in [-0.1, -0.05) is 43.2 Å². The van der Waals surface area contributed by atoms with Gasteiger partial charge in [0.2, 0.25) is 0 Å². The third kappa shape index (κ3) is 11.6. The van der Waals surface area contributed by atoms with E-state index < -0.39 is 11.6 Å². The molecule has 4 N–H and O–H groups in total. The second-order valence-corrected chi connectivity index (χ2v) is 6.83. The number of unbranched alkanes of at least 4 members (excludes halogenated alkanes) is 3. The topological polar surface area (TPSA) is 64.5 Å². The van der Waals surface area contributed by atoms with Crippen LogP contribution in [0.25, 0.3) is 0 Å². The van der Waals surface area contributed by atoms with Crippen molar-refractivity contribution in [2.24, 2.45) is 0 Å². The molecule has 0 saturated heterocycles. The Bertz CT molecular complexity index is 675. The molecule has 0 aliphatic heterocycles. The highest BCUT2D eigenvalue weighted by Gasteiger charge is 2.07. The third-order valence-electron chi connectivity index (χ3n) is 4.61. The molecule has 29 heavy (non-hydrogen) atoms. The molecule has 0 fully saturated rings. The van der Waals surface area contributed by atoms with E-state index in [1.807, 2.05) is 6.07 Å². The van der Waals surface area contributed by atoms with Crippen molar-refractivity contribution in [2.45, 2.75) is 38.5 Å². The summed E-state index contributed by atoms with van der Waals surface area (Å²) in [6, 6.07) is 12.8. The van der Waals surface area contributed by atoms with Crippen molar-refractivity contribution in [2.75, 3.05) is 26.2 Å². The molecule has 0 bridgehead atoms. The number of hydrogen-bond donors (Lipinski definition) is 4. The van der Waals surface area contributed by atoms with E-state index in [2.05, 4.69) is 34.9 Å². The number of rotatable bonds is 13. The van der Waals surface area contributed by atoms with Gasteiger partial charge in [0, 0.05) is 6.07 Å². The summed E-state index contributed by atoms with van der Waals surface area (Å²) in [5.41, 5.74) is 1.79. The Balaban J connectivity index is 0.00000392. The molecule has 0 amide bonds. The predicted molar refractivity (Wildman–Crippen MR) is 128 cm³/mol. The summed E-state index contributed by atoms with van der Waals surface area (Å²) >= 11 is 0. The Morgan fingerprint density at radius 2 is 1.24 bits per heavy atom. The fourth-order valence-electron chi connectivity index (χ4n) is 2.99. The first-order valence-electron chi connectivity index (χ1n) is 9.82. The van der Waals surface area contributed by atoms with Gasteiger partial charge in [0.15, 0.2) is 11.5 Å². The minimum Gasteiger partial charge on any atom is -0.504 e. The van der Waals surface area contributed by atoms with E-state index in [4.69, 9.17) is 0 Å². The van der Waals surface area contributed by atoms with Gasteiger partial charge >= 0.3 is 0 Å². The number of phenolic OH excluding ortho intramolecular Hbond substituents is 2. The molecular weight excluding hydrogens is 503 g/mol. The Labute approximate surface area is 194 Å². The van der Waals surface area contributed by atoms with Crippen LogP contribution in [0.2, 0.25) is 0 Å². The summed E-state index contributed by atoms with van der Waals surface area (Å²) in [5, 5.41) is 25.4. The zero-order valence-electron chi connectivity index (χ0n) is 16.7. The van der Waals surface area contributed by atoms with Crippen LogP contribution in [0.3, 0.4) is 0 Å². The molecular formula is C22H33Br2FN2O2. The quantitative estimate of drug-likeness (QED) is 0.217. The summed E-state index contributed by atoms with van der Waals surface area (Å²) in [6.07, 6.45) is 6.25. The minimum atomic E-state index is -0.480. The maximum absolute atomic E-state index is 13.6. The van der Waals surface area contributed by atoms with E-state index >= 15 is 0 Å². The molecule has 0 unspecified atom stereocenters. The highest BCUT2D eigenvalue weighted by atomic mass is 79.9. The van der Waals surface area contributed by atoms with Crippen molar-refractivity contribution in [3.05, 3.63) is 59.4 Å². The van der Waals surface area contributed by atoms with Crippen molar-refractivity contribution >= 4 is 34.0 Å². The molecule has 2 aromatic rings. The van der Waals surface area contributed by atoms with Gasteiger partial charge in [0.25, 0.3) is 0 Å². The number of phenols is 2. The SMILES string of the molecule is Br.Br.Oc1cc(F)c(CCNCCCCCCNCCc2ccccc2)cc1O. The van der Waals surface area contributed by atoms with Gasteiger partial charge in [0.05, 0.1) is 0 Å². The fourth-order valence-corrected chi connectivity index (χ4v) is 2.99. The van der Waals surface area contributed by atoms with Crippen LogP contribution in [0.1, 0.15) is 36.8 Å². The summed E-state index contributed by atoms with van der Waals surface area (Å²) in [7, 11) is 0. The third-order valence-corrected chi connectivity index (χ3v) is 4.61. The zero-order chi connectivity index (χ0) is 19.3. The van der Waals surface area contributed by atoms with Crippen LogP contribution in [0.4, 0.5) is 4.39 Å². The molecule has 2 aromatic carbocycles. The number of aromatic hydroxyl groups is 2. The van der Waals surface area contributed by atoms with Gasteiger partial charge in [-0.25, -0.2) is 4.39 Å². The van der Waals surface area contributed by atoms with Gasteiger partial charge in [-0.2, -0.15) is 0 Å². The number of benzene rings is 2. The second kappa shape index (κ2) is 16.6. The molecule has 0 radical (unpaired) electrons. The van der Waals surface area contributed by atoms with Crippen LogP contribution >= 0.6 is 34.0 Å². The lowest BCUT2D eigenvalue weighted by Crippen LogP contribution is -2.19. The molecule has 0 aliphatic rings. The highest BCUT2D eigenvalue weighted by molar-refractivity contribution is 8.93. The van der Waals surface area contributed by atoms with Crippen LogP contribution in [0.15, 0.2) is 42.5 Å². The Kier molecular flexibility index (Phi) is 16.0. The van der Waals surface area contributed by atoms with Crippen LogP contribution in [-0.2, 0) is 12.8 Å². The van der Waals surface area contributed by atoms with E-state index in [-0.39, 0.29) is 39.7 Å². The number of hydrogen-bond acceptors (Lipinski definition) is 4. The number of nitrogens with one attached hydrogen (secondary N) is 2. The maximum atomic E-state index is 13.6. The van der Waals surface area contributed by atoms with E-state index in [1.165, 1.54) is 30.9 Å². The van der Waals surface area contributed by atoms with Crippen molar-refractivity contribution in [3.8, 4) is 11.5 Å². The summed E-state index contributed by atoms with van der Waals surface area (Å²) in [6.45, 7) is 3.65. The molecule has 2 rings (SSSR count). The van der Waals surface area contributed by atoms with Crippen molar-refractivity contribution in [1.82, 2.24) is 10.6 Å². The molecule has 0 heterocycles. The Morgan fingerprint density at radius 3 is 1.86 bits per heavy atom. The van der Waals surface area contributed by atoms with Gasteiger partial charge in [-0.3, -0.25) is 0 Å². The minimum absolute atomic E-state index is 0. The Morgan fingerprint density at radius 1 is 0.690 bits per heavy atom. The Hall–Kier alpha value is -1.15. The standard InChI is InChI=1S/C22H31FN2O2.2BrH/c23-20-17-22(27)21(26)16-19(20)11-15-25-13-7-2-1-6-12-24-14-10-18-8-4-3-5-9-18;;/h3-5,8-9,16-17,24-27H,1-2,6-7,10-15H2;2*1H. The molecule has 7 heteroatoms. The van der Waals surface area contributed by atoms with Crippen molar-refractivity contribution in [1.29, 1.82) is 0 Å². The smallest absolute Gasteiger partial charge is 0.160 e. The number of halogens is 3.